The maximum atomic E-state index is 12.2. The lowest BCUT2D eigenvalue weighted by molar-refractivity contribution is -0.143. The number of fused-ring (bicyclic) bond motifs is 2. The van der Waals surface area contributed by atoms with Gasteiger partial charge in [0.25, 0.3) is 0 Å². The van der Waals surface area contributed by atoms with Crippen LogP contribution in [0.4, 0.5) is 4.79 Å². The highest BCUT2D eigenvalue weighted by Crippen LogP contribution is 2.47. The van der Waals surface area contributed by atoms with Gasteiger partial charge in [0.1, 0.15) is 12.6 Å². The van der Waals surface area contributed by atoms with Crippen LogP contribution in [0.3, 0.4) is 0 Å². The molecule has 1 aromatic carbocycles. The molecule has 5 nitrogen and oxygen atoms in total. The van der Waals surface area contributed by atoms with Gasteiger partial charge in [-0.1, -0.05) is 30.3 Å². The highest BCUT2D eigenvalue weighted by molar-refractivity contribution is 8.01. The standard InChI is InChI=1S/C14H15NO4S/c16-13(17)12-10-6-7-11(20-10)15(12)14(18)19-8-9-4-2-1-3-5-9/h1-5,10-12H,6-8H2,(H,16,17)/t10-,11+,12+/m1/s1. The van der Waals surface area contributed by atoms with Crippen molar-refractivity contribution in [3.8, 4) is 0 Å². The first kappa shape index (κ1) is 13.3. The van der Waals surface area contributed by atoms with E-state index in [1.165, 1.54) is 4.90 Å². The van der Waals surface area contributed by atoms with Crippen molar-refractivity contribution in [2.75, 3.05) is 0 Å². The highest BCUT2D eigenvalue weighted by atomic mass is 32.2. The lowest BCUT2D eigenvalue weighted by Crippen LogP contribution is -2.50. The summed E-state index contributed by atoms with van der Waals surface area (Å²) in [5, 5.41) is 9.23. The Balaban J connectivity index is 1.66. The zero-order valence-electron chi connectivity index (χ0n) is 10.8. The second-order valence-corrected chi connectivity index (χ2v) is 6.36. The van der Waals surface area contributed by atoms with Crippen LogP contribution < -0.4 is 0 Å². The summed E-state index contributed by atoms with van der Waals surface area (Å²) in [7, 11) is 0. The third-order valence-electron chi connectivity index (χ3n) is 3.66. The summed E-state index contributed by atoms with van der Waals surface area (Å²) in [6.45, 7) is 0.171. The Morgan fingerprint density at radius 1 is 1.30 bits per heavy atom. The van der Waals surface area contributed by atoms with Gasteiger partial charge in [-0.15, -0.1) is 11.8 Å². The first-order valence-electron chi connectivity index (χ1n) is 6.54. The average Bonchev–Trinajstić information content (AvgIpc) is 3.06. The maximum absolute atomic E-state index is 12.2. The Morgan fingerprint density at radius 3 is 2.75 bits per heavy atom. The van der Waals surface area contributed by atoms with Crippen LogP contribution in [-0.4, -0.2) is 38.7 Å². The number of aliphatic carboxylic acids is 1. The molecule has 1 aromatic rings. The van der Waals surface area contributed by atoms with Crippen LogP contribution in [0, 0.1) is 0 Å². The molecular formula is C14H15NO4S. The molecule has 1 amide bonds. The number of carboxylic acids is 1. The molecule has 2 fully saturated rings. The van der Waals surface area contributed by atoms with E-state index in [1.807, 2.05) is 30.3 Å². The zero-order valence-corrected chi connectivity index (χ0v) is 11.6. The number of hydrogen-bond acceptors (Lipinski definition) is 4. The van der Waals surface area contributed by atoms with Crippen molar-refractivity contribution >= 4 is 23.8 Å². The summed E-state index contributed by atoms with van der Waals surface area (Å²) in [5.74, 6) is -0.943. The van der Waals surface area contributed by atoms with Gasteiger partial charge in [-0.05, 0) is 18.4 Å². The molecule has 2 aliphatic heterocycles. The first-order chi connectivity index (χ1) is 9.66. The Morgan fingerprint density at radius 2 is 2.05 bits per heavy atom. The molecular weight excluding hydrogens is 278 g/mol. The molecule has 20 heavy (non-hydrogen) atoms. The number of carbonyl (C=O) groups is 2. The fraction of sp³-hybridized carbons (Fsp3) is 0.429. The van der Waals surface area contributed by atoms with E-state index in [0.717, 1.165) is 18.4 Å². The van der Waals surface area contributed by atoms with Gasteiger partial charge in [-0.2, -0.15) is 0 Å². The number of rotatable bonds is 3. The number of carbonyl (C=O) groups excluding carboxylic acids is 1. The topological polar surface area (TPSA) is 66.8 Å². The third kappa shape index (κ3) is 2.35. The Labute approximate surface area is 120 Å². The van der Waals surface area contributed by atoms with Crippen LogP contribution in [0.25, 0.3) is 0 Å². The van der Waals surface area contributed by atoms with Gasteiger partial charge in [0, 0.05) is 5.25 Å². The Bertz CT molecular complexity index is 521. The van der Waals surface area contributed by atoms with Gasteiger partial charge in [-0.3, -0.25) is 4.90 Å². The van der Waals surface area contributed by atoms with Gasteiger partial charge in [0.2, 0.25) is 0 Å². The molecule has 2 heterocycles. The number of carboxylic acid groups (broad SMARTS) is 1. The molecule has 0 spiro atoms. The number of ether oxygens (including phenoxy) is 1. The lowest BCUT2D eigenvalue weighted by atomic mass is 10.0. The van der Waals surface area contributed by atoms with Crippen LogP contribution in [0.15, 0.2) is 30.3 Å². The molecule has 2 aliphatic rings. The van der Waals surface area contributed by atoms with Crippen molar-refractivity contribution in [3.05, 3.63) is 35.9 Å². The average molecular weight is 293 g/mol. The third-order valence-corrected chi connectivity index (χ3v) is 5.28. The number of piperidine rings is 1. The molecule has 0 saturated carbocycles. The van der Waals surface area contributed by atoms with Gasteiger partial charge < -0.3 is 9.84 Å². The quantitative estimate of drug-likeness (QED) is 0.926. The van der Waals surface area contributed by atoms with Crippen molar-refractivity contribution in [2.24, 2.45) is 0 Å². The molecule has 2 saturated heterocycles. The number of amides is 1. The number of nitrogens with zero attached hydrogens (tertiary/aromatic N) is 1. The monoisotopic (exact) mass is 293 g/mol. The minimum absolute atomic E-state index is 0.00164. The predicted octanol–water partition coefficient (Wildman–Crippen LogP) is 2.31. The minimum atomic E-state index is -0.943. The smallest absolute Gasteiger partial charge is 0.411 e. The summed E-state index contributed by atoms with van der Waals surface area (Å²) in [4.78, 5) is 24.9. The van der Waals surface area contributed by atoms with E-state index in [-0.39, 0.29) is 17.2 Å². The van der Waals surface area contributed by atoms with E-state index in [1.54, 1.807) is 11.8 Å². The molecule has 2 bridgehead atoms. The molecule has 3 atom stereocenters. The largest absolute Gasteiger partial charge is 0.480 e. The summed E-state index contributed by atoms with van der Waals surface area (Å²) >= 11 is 1.57. The Kier molecular flexibility index (Phi) is 3.56. The second kappa shape index (κ2) is 5.36. The van der Waals surface area contributed by atoms with Crippen molar-refractivity contribution in [1.29, 1.82) is 0 Å². The minimum Gasteiger partial charge on any atom is -0.480 e. The van der Waals surface area contributed by atoms with Crippen molar-refractivity contribution in [2.45, 2.75) is 36.1 Å². The van der Waals surface area contributed by atoms with Crippen molar-refractivity contribution in [3.63, 3.8) is 0 Å². The number of benzene rings is 1. The summed E-state index contributed by atoms with van der Waals surface area (Å²) in [6, 6.07) is 8.62. The van der Waals surface area contributed by atoms with Crippen LogP contribution in [0.2, 0.25) is 0 Å². The highest BCUT2D eigenvalue weighted by Gasteiger charge is 2.53. The maximum Gasteiger partial charge on any atom is 0.411 e. The van der Waals surface area contributed by atoms with Gasteiger partial charge in [0.05, 0.1) is 5.37 Å². The van der Waals surface area contributed by atoms with E-state index >= 15 is 0 Å². The van der Waals surface area contributed by atoms with E-state index in [9.17, 15) is 14.7 Å². The normalized spacial score (nSPS) is 27.6. The summed E-state index contributed by atoms with van der Waals surface area (Å²) in [5.41, 5.74) is 0.893. The Hall–Kier alpha value is -1.69. The molecule has 0 radical (unpaired) electrons. The second-order valence-electron chi connectivity index (χ2n) is 4.94. The molecule has 0 aliphatic carbocycles. The lowest BCUT2D eigenvalue weighted by Gasteiger charge is -2.30. The van der Waals surface area contributed by atoms with Gasteiger partial charge in [0.15, 0.2) is 0 Å². The molecule has 3 rings (SSSR count). The molecule has 106 valence electrons. The van der Waals surface area contributed by atoms with E-state index in [0.29, 0.717) is 0 Å². The first-order valence-corrected chi connectivity index (χ1v) is 7.48. The van der Waals surface area contributed by atoms with Crippen LogP contribution >= 0.6 is 11.8 Å². The fourth-order valence-electron chi connectivity index (χ4n) is 2.74. The molecule has 0 unspecified atom stereocenters. The van der Waals surface area contributed by atoms with Gasteiger partial charge >= 0.3 is 12.1 Å². The summed E-state index contributed by atoms with van der Waals surface area (Å²) in [6.07, 6.45) is 1.18. The molecule has 1 N–H and O–H groups in total. The number of hydrogen-bond donors (Lipinski definition) is 1. The van der Waals surface area contributed by atoms with Crippen molar-refractivity contribution < 1.29 is 19.4 Å². The number of thioether (sulfide) groups is 1. The molecule has 0 aromatic heterocycles. The predicted molar refractivity (Wildman–Crippen MR) is 74.3 cm³/mol. The van der Waals surface area contributed by atoms with E-state index < -0.39 is 18.1 Å². The van der Waals surface area contributed by atoms with E-state index in [2.05, 4.69) is 0 Å². The van der Waals surface area contributed by atoms with Crippen LogP contribution in [0.1, 0.15) is 18.4 Å². The van der Waals surface area contributed by atoms with Crippen molar-refractivity contribution in [1.82, 2.24) is 4.90 Å². The fourth-order valence-corrected chi connectivity index (χ4v) is 4.44. The molecule has 6 heteroatoms. The van der Waals surface area contributed by atoms with E-state index in [4.69, 9.17) is 4.74 Å². The van der Waals surface area contributed by atoms with Crippen LogP contribution in [0.5, 0.6) is 0 Å². The van der Waals surface area contributed by atoms with Gasteiger partial charge in [-0.25, -0.2) is 9.59 Å². The SMILES string of the molecule is O=C(O)[C@@H]1[C@H]2CC[C@H](S2)N1C(=O)OCc1ccccc1. The zero-order chi connectivity index (χ0) is 14.1. The summed E-state index contributed by atoms with van der Waals surface area (Å²) < 4.78 is 5.26. The van der Waals surface area contributed by atoms with Crippen LogP contribution in [-0.2, 0) is 16.1 Å². The number of likely N-dealkylation sites (tertiary alicyclic amines) is 1.